The fraction of sp³-hybridized carbons (Fsp3) is 0.211. The second kappa shape index (κ2) is 7.61. The van der Waals surface area contributed by atoms with Crippen molar-refractivity contribution in [1.29, 1.82) is 0 Å². The topological polar surface area (TPSA) is 74.3 Å². The Balaban J connectivity index is 1.69. The number of carbonyl (C=O) groups is 1. The number of nitrogens with zero attached hydrogens (tertiary/aromatic N) is 2. The number of hydrogen-bond acceptors (Lipinski definition) is 6. The molecule has 0 saturated heterocycles. The lowest BCUT2D eigenvalue weighted by Crippen LogP contribution is -2.15. The molecule has 0 bridgehead atoms. The quantitative estimate of drug-likeness (QED) is 0.505. The number of hydrogen-bond donors (Lipinski definition) is 0. The number of aromatic nitrogens is 2. The molecule has 1 aromatic carbocycles. The molecule has 0 aliphatic rings. The first-order chi connectivity index (χ1) is 12.4. The van der Waals surface area contributed by atoms with Gasteiger partial charge in [0.25, 0.3) is 0 Å². The lowest BCUT2D eigenvalue weighted by molar-refractivity contribution is 0.0728. The molecule has 7 heteroatoms. The van der Waals surface area contributed by atoms with E-state index in [1.54, 1.807) is 18.3 Å². The Kier molecular flexibility index (Phi) is 5.27. The van der Waals surface area contributed by atoms with Gasteiger partial charge in [0.1, 0.15) is 12.0 Å². The van der Waals surface area contributed by atoms with Crippen LogP contribution in [0.4, 0.5) is 0 Å². The highest BCUT2D eigenvalue weighted by Gasteiger charge is 2.13. The summed E-state index contributed by atoms with van der Waals surface area (Å²) >= 11 is 1.45. The number of rotatable bonds is 5. The van der Waals surface area contributed by atoms with Gasteiger partial charge in [-0.1, -0.05) is 17.8 Å². The summed E-state index contributed by atoms with van der Waals surface area (Å²) in [4.78, 5) is 28.6. The fourth-order valence-electron chi connectivity index (χ4n) is 2.24. The van der Waals surface area contributed by atoms with Crippen LogP contribution in [0.2, 0.25) is 0 Å². The lowest BCUT2D eigenvalue weighted by Gasteiger charge is -2.06. The van der Waals surface area contributed by atoms with Crippen LogP contribution in [0.3, 0.4) is 0 Å². The number of ether oxygens (including phenoxy) is 1. The molecule has 26 heavy (non-hydrogen) atoms. The van der Waals surface area contributed by atoms with Crippen LogP contribution in [-0.2, 0) is 12.8 Å². The molecular formula is C19H18N2O4S. The molecule has 2 heterocycles. The summed E-state index contributed by atoms with van der Waals surface area (Å²) in [5.74, 6) is 0.217. The van der Waals surface area contributed by atoms with E-state index in [-0.39, 0.29) is 5.75 Å². The predicted octanol–water partition coefficient (Wildman–Crippen LogP) is 3.50. The van der Waals surface area contributed by atoms with Crippen LogP contribution >= 0.6 is 11.8 Å². The maximum Gasteiger partial charge on any atom is 0.343 e. The first-order valence-corrected chi connectivity index (χ1v) is 8.94. The van der Waals surface area contributed by atoms with Gasteiger partial charge in [0.15, 0.2) is 5.16 Å². The van der Waals surface area contributed by atoms with Crippen LogP contribution in [0.25, 0.3) is 0 Å². The molecule has 0 saturated carbocycles. The molecule has 0 aliphatic carbocycles. The molecule has 0 amide bonds. The van der Waals surface area contributed by atoms with Crippen LogP contribution in [0, 0.1) is 13.8 Å². The molecule has 2 aromatic heterocycles. The standard InChI is InChI=1S/C19H18N2O4S/c1-12-4-5-14(8-13(12)2)18(23)25-17-10-24-15(9-16(17)22)11-26-19-20-6-7-21(19)3/h4-10H,11H2,1-3H3. The van der Waals surface area contributed by atoms with Gasteiger partial charge < -0.3 is 13.7 Å². The molecule has 0 atom stereocenters. The molecular weight excluding hydrogens is 352 g/mol. The Bertz CT molecular complexity index is 1010. The zero-order valence-corrected chi connectivity index (χ0v) is 15.5. The highest BCUT2D eigenvalue weighted by atomic mass is 32.2. The molecule has 3 rings (SSSR count). The molecule has 0 N–H and O–H groups in total. The van der Waals surface area contributed by atoms with Crippen molar-refractivity contribution >= 4 is 17.7 Å². The second-order valence-corrected chi connectivity index (χ2v) is 6.82. The van der Waals surface area contributed by atoms with Crippen molar-refractivity contribution in [3.8, 4) is 5.75 Å². The van der Waals surface area contributed by atoms with E-state index >= 15 is 0 Å². The van der Waals surface area contributed by atoms with Gasteiger partial charge in [-0.3, -0.25) is 4.79 Å². The summed E-state index contributed by atoms with van der Waals surface area (Å²) < 4.78 is 12.5. The number of benzene rings is 1. The number of esters is 1. The Labute approximate surface area is 154 Å². The molecule has 0 unspecified atom stereocenters. The Morgan fingerprint density at radius 3 is 2.73 bits per heavy atom. The summed E-state index contributed by atoms with van der Waals surface area (Å²) in [7, 11) is 1.89. The first-order valence-electron chi connectivity index (χ1n) is 7.95. The smallest absolute Gasteiger partial charge is 0.343 e. The van der Waals surface area contributed by atoms with E-state index in [4.69, 9.17) is 9.15 Å². The molecule has 3 aromatic rings. The van der Waals surface area contributed by atoms with Crippen molar-refractivity contribution in [3.63, 3.8) is 0 Å². The monoisotopic (exact) mass is 370 g/mol. The van der Waals surface area contributed by atoms with Crippen LogP contribution < -0.4 is 10.2 Å². The van der Waals surface area contributed by atoms with Gasteiger partial charge in [0, 0.05) is 25.5 Å². The third-order valence-corrected chi connectivity index (χ3v) is 5.00. The lowest BCUT2D eigenvalue weighted by atomic mass is 10.1. The first kappa shape index (κ1) is 18.0. The average Bonchev–Trinajstić information content (AvgIpc) is 3.02. The van der Waals surface area contributed by atoms with Gasteiger partial charge in [0.05, 0.1) is 11.3 Å². The van der Waals surface area contributed by atoms with E-state index in [1.807, 2.05) is 37.7 Å². The second-order valence-electron chi connectivity index (χ2n) is 5.87. The number of carbonyl (C=O) groups excluding carboxylic acids is 1. The maximum absolute atomic E-state index is 12.2. The van der Waals surface area contributed by atoms with E-state index in [0.29, 0.717) is 17.1 Å². The van der Waals surface area contributed by atoms with Crippen molar-refractivity contribution < 1.29 is 13.9 Å². The summed E-state index contributed by atoms with van der Waals surface area (Å²) in [5, 5.41) is 0.817. The fourth-order valence-corrected chi connectivity index (χ4v) is 3.07. The SMILES string of the molecule is Cc1ccc(C(=O)Oc2coc(CSc3nccn3C)cc2=O)cc1C. The van der Waals surface area contributed by atoms with Crippen LogP contribution in [-0.4, -0.2) is 15.5 Å². The third-order valence-electron chi connectivity index (χ3n) is 3.92. The summed E-state index contributed by atoms with van der Waals surface area (Å²) in [5.41, 5.74) is 2.05. The summed E-state index contributed by atoms with van der Waals surface area (Å²) in [6.45, 7) is 3.87. The van der Waals surface area contributed by atoms with Crippen molar-refractivity contribution in [1.82, 2.24) is 9.55 Å². The van der Waals surface area contributed by atoms with Gasteiger partial charge >= 0.3 is 5.97 Å². The largest absolute Gasteiger partial charge is 0.464 e. The summed E-state index contributed by atoms with van der Waals surface area (Å²) in [6.07, 6.45) is 4.72. The number of aryl methyl sites for hydroxylation is 3. The minimum absolute atomic E-state index is 0.126. The minimum atomic E-state index is -0.587. The number of thioether (sulfide) groups is 1. The van der Waals surface area contributed by atoms with Crippen LogP contribution in [0.15, 0.2) is 57.3 Å². The predicted molar refractivity (Wildman–Crippen MR) is 98.6 cm³/mol. The zero-order chi connectivity index (χ0) is 18.7. The molecule has 0 radical (unpaired) electrons. The molecule has 134 valence electrons. The molecule has 6 nitrogen and oxygen atoms in total. The van der Waals surface area contributed by atoms with E-state index in [0.717, 1.165) is 16.3 Å². The van der Waals surface area contributed by atoms with Crippen LogP contribution in [0.5, 0.6) is 5.75 Å². The van der Waals surface area contributed by atoms with Crippen molar-refractivity contribution in [2.75, 3.05) is 0 Å². The Morgan fingerprint density at radius 1 is 1.27 bits per heavy atom. The minimum Gasteiger partial charge on any atom is -0.464 e. The van der Waals surface area contributed by atoms with Crippen molar-refractivity contribution in [3.05, 3.63) is 75.6 Å². The van der Waals surface area contributed by atoms with Gasteiger partial charge in [0.2, 0.25) is 11.2 Å². The van der Waals surface area contributed by atoms with Gasteiger partial charge in [-0.05, 0) is 37.1 Å². The van der Waals surface area contributed by atoms with Crippen molar-refractivity contribution in [2.24, 2.45) is 7.05 Å². The Hall–Kier alpha value is -2.80. The maximum atomic E-state index is 12.2. The molecule has 0 spiro atoms. The van der Waals surface area contributed by atoms with E-state index in [1.165, 1.54) is 24.1 Å². The third kappa shape index (κ3) is 4.05. The van der Waals surface area contributed by atoms with Crippen LogP contribution in [0.1, 0.15) is 27.2 Å². The highest BCUT2D eigenvalue weighted by molar-refractivity contribution is 7.98. The van der Waals surface area contributed by atoms with Gasteiger partial charge in [-0.2, -0.15) is 0 Å². The molecule has 0 fully saturated rings. The zero-order valence-electron chi connectivity index (χ0n) is 14.7. The van der Waals surface area contributed by atoms with E-state index < -0.39 is 11.4 Å². The van der Waals surface area contributed by atoms with E-state index in [2.05, 4.69) is 4.98 Å². The van der Waals surface area contributed by atoms with Gasteiger partial charge in [-0.25, -0.2) is 9.78 Å². The van der Waals surface area contributed by atoms with Gasteiger partial charge in [-0.15, -0.1) is 0 Å². The normalized spacial score (nSPS) is 10.7. The molecule has 0 aliphatic heterocycles. The average molecular weight is 370 g/mol. The van der Waals surface area contributed by atoms with Crippen molar-refractivity contribution in [2.45, 2.75) is 24.8 Å². The van der Waals surface area contributed by atoms with E-state index in [9.17, 15) is 9.59 Å². The highest BCUT2D eigenvalue weighted by Crippen LogP contribution is 2.21. The number of imidazole rings is 1. The Morgan fingerprint density at radius 2 is 2.08 bits per heavy atom. The summed E-state index contributed by atoms with van der Waals surface area (Å²) in [6, 6.07) is 6.58.